The maximum absolute atomic E-state index is 13.2. The summed E-state index contributed by atoms with van der Waals surface area (Å²) in [7, 11) is 0. The lowest BCUT2D eigenvalue weighted by atomic mass is 10.1. The summed E-state index contributed by atoms with van der Waals surface area (Å²) in [5.41, 5.74) is 1.12. The number of para-hydroxylation sites is 1. The number of carbonyl (C=O) groups is 2. The summed E-state index contributed by atoms with van der Waals surface area (Å²) >= 11 is 1.51. The van der Waals surface area contributed by atoms with E-state index in [9.17, 15) is 14.0 Å². The Kier molecular flexibility index (Phi) is 5.93. The van der Waals surface area contributed by atoms with Crippen molar-refractivity contribution in [3.63, 3.8) is 0 Å². The Morgan fingerprint density at radius 2 is 1.96 bits per heavy atom. The fraction of sp³-hybridized carbons (Fsp3) is 0.150. The molecule has 0 spiro atoms. The van der Waals surface area contributed by atoms with Crippen LogP contribution in [0.25, 0.3) is 0 Å². The van der Waals surface area contributed by atoms with Crippen LogP contribution in [0.5, 0.6) is 5.75 Å². The monoisotopic (exact) mass is 385 g/mol. The Morgan fingerprint density at radius 3 is 2.70 bits per heavy atom. The molecule has 0 unspecified atom stereocenters. The zero-order valence-electron chi connectivity index (χ0n) is 14.5. The second-order valence-corrected chi connectivity index (χ2v) is 6.71. The van der Waals surface area contributed by atoms with Crippen molar-refractivity contribution in [2.75, 3.05) is 6.61 Å². The van der Waals surface area contributed by atoms with Crippen LogP contribution in [0.2, 0.25) is 0 Å². The number of nitrogens with zero attached hydrogens (tertiary/aromatic N) is 1. The molecule has 1 heterocycles. The van der Waals surface area contributed by atoms with E-state index in [-0.39, 0.29) is 17.7 Å². The lowest BCUT2D eigenvalue weighted by Gasteiger charge is -2.10. The molecule has 0 N–H and O–H groups in total. The van der Waals surface area contributed by atoms with Crippen LogP contribution in [0.4, 0.5) is 4.39 Å². The number of ether oxygens (including phenoxy) is 2. The van der Waals surface area contributed by atoms with E-state index in [0.717, 1.165) is 16.8 Å². The molecule has 7 heteroatoms. The standard InChI is InChI=1S/C20H16FNO4S/c1-13-22-16(12-27-13)10-25-19-8-3-2-7-17(19)20(24)26-11-18(23)14-5-4-6-15(21)9-14/h2-9,12H,10-11H2,1H3. The van der Waals surface area contributed by atoms with E-state index in [1.165, 1.54) is 29.5 Å². The number of Topliss-reactive ketones (excluding diaryl/α,β-unsaturated/α-hetero) is 1. The minimum absolute atomic E-state index is 0.145. The summed E-state index contributed by atoms with van der Waals surface area (Å²) in [6, 6.07) is 11.8. The van der Waals surface area contributed by atoms with Gasteiger partial charge >= 0.3 is 5.97 Å². The van der Waals surface area contributed by atoms with Crippen LogP contribution in [0.3, 0.4) is 0 Å². The summed E-state index contributed by atoms with van der Waals surface area (Å²) in [6.07, 6.45) is 0. The summed E-state index contributed by atoms with van der Waals surface area (Å²) < 4.78 is 23.9. The lowest BCUT2D eigenvalue weighted by Crippen LogP contribution is -2.15. The molecule has 0 amide bonds. The van der Waals surface area contributed by atoms with Gasteiger partial charge in [-0.05, 0) is 31.2 Å². The number of aryl methyl sites for hydroxylation is 1. The zero-order valence-corrected chi connectivity index (χ0v) is 15.3. The number of hydrogen-bond donors (Lipinski definition) is 0. The van der Waals surface area contributed by atoms with Crippen LogP contribution < -0.4 is 4.74 Å². The van der Waals surface area contributed by atoms with Gasteiger partial charge in [-0.25, -0.2) is 14.2 Å². The fourth-order valence-electron chi connectivity index (χ4n) is 2.34. The van der Waals surface area contributed by atoms with E-state index in [2.05, 4.69) is 4.98 Å². The number of esters is 1. The van der Waals surface area contributed by atoms with Crippen molar-refractivity contribution in [2.24, 2.45) is 0 Å². The largest absolute Gasteiger partial charge is 0.486 e. The highest BCUT2D eigenvalue weighted by molar-refractivity contribution is 7.09. The van der Waals surface area contributed by atoms with E-state index in [0.29, 0.717) is 5.75 Å². The molecule has 0 saturated carbocycles. The molecule has 3 rings (SSSR count). The van der Waals surface area contributed by atoms with Gasteiger partial charge in [-0.15, -0.1) is 11.3 Å². The van der Waals surface area contributed by atoms with E-state index in [1.807, 2.05) is 12.3 Å². The van der Waals surface area contributed by atoms with Crippen molar-refractivity contribution in [3.8, 4) is 5.75 Å². The van der Waals surface area contributed by atoms with Crippen LogP contribution in [-0.2, 0) is 11.3 Å². The number of hydrogen-bond acceptors (Lipinski definition) is 6. The van der Waals surface area contributed by atoms with Crippen LogP contribution in [-0.4, -0.2) is 23.3 Å². The second kappa shape index (κ2) is 8.55. The number of ketones is 1. The second-order valence-electron chi connectivity index (χ2n) is 5.65. The predicted octanol–water partition coefficient (Wildman–Crippen LogP) is 4.21. The molecule has 0 fully saturated rings. The Hall–Kier alpha value is -3.06. The third-order valence-corrected chi connectivity index (χ3v) is 4.45. The molecule has 2 aromatic carbocycles. The number of benzene rings is 2. The quantitative estimate of drug-likeness (QED) is 0.450. The molecule has 0 aliphatic heterocycles. The SMILES string of the molecule is Cc1nc(COc2ccccc2C(=O)OCC(=O)c2cccc(F)c2)cs1. The van der Waals surface area contributed by atoms with E-state index in [1.54, 1.807) is 24.3 Å². The van der Waals surface area contributed by atoms with Crippen LogP contribution >= 0.6 is 11.3 Å². The molecule has 0 aliphatic rings. The van der Waals surface area contributed by atoms with E-state index in [4.69, 9.17) is 9.47 Å². The normalized spacial score (nSPS) is 10.4. The molecule has 1 aromatic heterocycles. The molecule has 0 bridgehead atoms. The van der Waals surface area contributed by atoms with Gasteiger partial charge in [-0.3, -0.25) is 4.79 Å². The molecule has 0 radical (unpaired) electrons. The van der Waals surface area contributed by atoms with Crippen molar-refractivity contribution in [1.82, 2.24) is 4.98 Å². The molecule has 0 saturated heterocycles. The van der Waals surface area contributed by atoms with Gasteiger partial charge in [0, 0.05) is 10.9 Å². The maximum atomic E-state index is 13.2. The average Bonchev–Trinajstić information content (AvgIpc) is 3.09. The minimum atomic E-state index is -0.690. The first-order valence-corrected chi connectivity index (χ1v) is 8.99. The van der Waals surface area contributed by atoms with Crippen molar-refractivity contribution < 1.29 is 23.5 Å². The highest BCUT2D eigenvalue weighted by Crippen LogP contribution is 2.21. The van der Waals surface area contributed by atoms with Crippen molar-refractivity contribution in [2.45, 2.75) is 13.5 Å². The lowest BCUT2D eigenvalue weighted by molar-refractivity contribution is 0.0470. The van der Waals surface area contributed by atoms with Gasteiger partial charge in [-0.2, -0.15) is 0 Å². The number of carbonyl (C=O) groups excluding carboxylic acids is 2. The molecule has 0 atom stereocenters. The van der Waals surface area contributed by atoms with Crippen LogP contribution in [0, 0.1) is 12.7 Å². The summed E-state index contributed by atoms with van der Waals surface area (Å²) in [5, 5.41) is 2.81. The van der Waals surface area contributed by atoms with Crippen molar-refractivity contribution in [1.29, 1.82) is 0 Å². The highest BCUT2D eigenvalue weighted by atomic mass is 32.1. The molecule has 138 valence electrons. The number of thiazole rings is 1. The third kappa shape index (κ3) is 4.98. The molecule has 3 aromatic rings. The van der Waals surface area contributed by atoms with Gasteiger partial charge in [0.25, 0.3) is 0 Å². The Labute approximate surface area is 159 Å². The Balaban J connectivity index is 1.63. The summed E-state index contributed by atoms with van der Waals surface area (Å²) in [5.74, 6) is -1.36. The molecular weight excluding hydrogens is 369 g/mol. The van der Waals surface area contributed by atoms with Gasteiger partial charge in [0.1, 0.15) is 23.7 Å². The molecule has 27 heavy (non-hydrogen) atoms. The van der Waals surface area contributed by atoms with Gasteiger partial charge in [0.2, 0.25) is 0 Å². The fourth-order valence-corrected chi connectivity index (χ4v) is 2.94. The van der Waals surface area contributed by atoms with Gasteiger partial charge in [-0.1, -0.05) is 24.3 Å². The summed E-state index contributed by atoms with van der Waals surface area (Å²) in [6.45, 7) is 1.63. The maximum Gasteiger partial charge on any atom is 0.342 e. The highest BCUT2D eigenvalue weighted by Gasteiger charge is 2.16. The van der Waals surface area contributed by atoms with E-state index >= 15 is 0 Å². The first-order chi connectivity index (χ1) is 13.0. The Bertz CT molecular complexity index is 970. The van der Waals surface area contributed by atoms with E-state index < -0.39 is 24.2 Å². The first kappa shape index (κ1) is 18.7. The van der Waals surface area contributed by atoms with Crippen molar-refractivity contribution >= 4 is 23.1 Å². The van der Waals surface area contributed by atoms with Gasteiger partial charge in [0.05, 0.1) is 10.7 Å². The average molecular weight is 385 g/mol. The Morgan fingerprint density at radius 1 is 1.15 bits per heavy atom. The zero-order chi connectivity index (χ0) is 19.2. The smallest absolute Gasteiger partial charge is 0.342 e. The molecular formula is C20H16FNO4S. The van der Waals surface area contributed by atoms with Crippen molar-refractivity contribution in [3.05, 3.63) is 81.6 Å². The number of halogens is 1. The molecule has 0 aliphatic carbocycles. The number of aromatic nitrogens is 1. The minimum Gasteiger partial charge on any atom is -0.486 e. The van der Waals surface area contributed by atoms with Gasteiger partial charge < -0.3 is 9.47 Å². The first-order valence-electron chi connectivity index (χ1n) is 8.11. The number of rotatable bonds is 7. The topological polar surface area (TPSA) is 65.5 Å². The third-order valence-electron chi connectivity index (χ3n) is 3.63. The summed E-state index contributed by atoms with van der Waals surface area (Å²) in [4.78, 5) is 28.7. The van der Waals surface area contributed by atoms with Crippen LogP contribution in [0.15, 0.2) is 53.9 Å². The predicted molar refractivity (Wildman–Crippen MR) is 98.6 cm³/mol. The van der Waals surface area contributed by atoms with Crippen LogP contribution in [0.1, 0.15) is 31.4 Å². The molecule has 5 nitrogen and oxygen atoms in total. The van der Waals surface area contributed by atoms with Gasteiger partial charge in [0.15, 0.2) is 12.4 Å².